The average Bonchev–Trinajstić information content (AvgIpc) is 2.75. The molecule has 3 nitrogen and oxygen atoms in total. The molecule has 2 aromatic rings. The van der Waals surface area contributed by atoms with Crippen molar-refractivity contribution in [2.75, 3.05) is 10.6 Å². The van der Waals surface area contributed by atoms with Crippen LogP contribution in [0.1, 0.15) is 11.8 Å². The maximum absolute atomic E-state index is 11.1. The van der Waals surface area contributed by atoms with Crippen LogP contribution in [0.15, 0.2) is 40.2 Å². The fourth-order valence-electron chi connectivity index (χ4n) is 1.56. The van der Waals surface area contributed by atoms with Crippen LogP contribution >= 0.6 is 27.3 Å². The molecule has 1 heterocycles. The average molecular weight is 325 g/mol. The third-order valence-electron chi connectivity index (χ3n) is 2.37. The lowest BCUT2D eigenvalue weighted by Gasteiger charge is -2.09. The summed E-state index contributed by atoms with van der Waals surface area (Å²) in [6, 6.07) is 9.88. The Kier molecular flexibility index (Phi) is 4.38. The summed E-state index contributed by atoms with van der Waals surface area (Å²) < 4.78 is 1.03. The summed E-state index contributed by atoms with van der Waals surface area (Å²) in [6.45, 7) is 2.21. The minimum atomic E-state index is -0.0458. The first-order valence-corrected chi connectivity index (χ1v) is 7.16. The van der Waals surface area contributed by atoms with Crippen molar-refractivity contribution < 1.29 is 4.79 Å². The molecule has 0 atom stereocenters. The zero-order valence-electron chi connectivity index (χ0n) is 9.87. The van der Waals surface area contributed by atoms with Crippen molar-refractivity contribution in [1.82, 2.24) is 0 Å². The van der Waals surface area contributed by atoms with Gasteiger partial charge in [-0.05, 0) is 39.5 Å². The van der Waals surface area contributed by atoms with Gasteiger partial charge < -0.3 is 10.6 Å². The summed E-state index contributed by atoms with van der Waals surface area (Å²) >= 11 is 5.11. The Hall–Kier alpha value is -1.33. The molecule has 1 aromatic heterocycles. The molecule has 0 aliphatic rings. The smallest absolute Gasteiger partial charge is 0.221 e. The van der Waals surface area contributed by atoms with Crippen LogP contribution < -0.4 is 10.6 Å². The first-order chi connectivity index (χ1) is 8.66. The highest BCUT2D eigenvalue weighted by Crippen LogP contribution is 2.26. The van der Waals surface area contributed by atoms with E-state index in [-0.39, 0.29) is 5.91 Å². The summed E-state index contributed by atoms with van der Waals surface area (Å²) in [5.74, 6) is -0.0458. The first kappa shape index (κ1) is 13.1. The largest absolute Gasteiger partial charge is 0.379 e. The van der Waals surface area contributed by atoms with E-state index in [4.69, 9.17) is 0 Å². The van der Waals surface area contributed by atoms with E-state index in [1.807, 2.05) is 35.7 Å². The van der Waals surface area contributed by atoms with Crippen molar-refractivity contribution in [3.05, 3.63) is 45.1 Å². The van der Waals surface area contributed by atoms with Crippen LogP contribution in [0.3, 0.4) is 0 Å². The van der Waals surface area contributed by atoms with Crippen LogP contribution in [0.5, 0.6) is 0 Å². The molecule has 0 bridgehead atoms. The highest BCUT2D eigenvalue weighted by atomic mass is 79.9. The molecule has 0 saturated carbocycles. The van der Waals surface area contributed by atoms with E-state index < -0.39 is 0 Å². The van der Waals surface area contributed by atoms with Crippen molar-refractivity contribution in [3.8, 4) is 0 Å². The van der Waals surface area contributed by atoms with Gasteiger partial charge in [0, 0.05) is 22.0 Å². The molecule has 0 aliphatic carbocycles. The zero-order valence-corrected chi connectivity index (χ0v) is 12.3. The molecule has 1 amide bonds. The van der Waals surface area contributed by atoms with Gasteiger partial charge in [0.25, 0.3) is 0 Å². The minimum absolute atomic E-state index is 0.0458. The van der Waals surface area contributed by atoms with E-state index in [1.54, 1.807) is 11.3 Å². The van der Waals surface area contributed by atoms with Crippen molar-refractivity contribution in [2.24, 2.45) is 0 Å². The lowest BCUT2D eigenvalue weighted by atomic mass is 10.3. The number of carbonyl (C=O) groups is 1. The van der Waals surface area contributed by atoms with Crippen LogP contribution in [0.4, 0.5) is 11.4 Å². The van der Waals surface area contributed by atoms with Gasteiger partial charge in [-0.2, -0.15) is 0 Å². The van der Waals surface area contributed by atoms with E-state index >= 15 is 0 Å². The third kappa shape index (κ3) is 3.34. The van der Waals surface area contributed by atoms with Crippen LogP contribution in [-0.4, -0.2) is 5.91 Å². The lowest BCUT2D eigenvalue weighted by molar-refractivity contribution is -0.114. The number of amides is 1. The fourth-order valence-corrected chi connectivity index (χ4v) is 2.75. The second-order valence-corrected chi connectivity index (χ2v) is 5.63. The molecule has 5 heteroatoms. The van der Waals surface area contributed by atoms with Gasteiger partial charge in [-0.25, -0.2) is 0 Å². The number of hydrogen-bond donors (Lipinski definition) is 2. The fraction of sp³-hybridized carbons (Fsp3) is 0.154. The van der Waals surface area contributed by atoms with Crippen LogP contribution in [0, 0.1) is 0 Å². The Bertz CT molecular complexity index is 553. The minimum Gasteiger partial charge on any atom is -0.379 e. The van der Waals surface area contributed by atoms with Gasteiger partial charge in [-0.1, -0.05) is 12.1 Å². The Morgan fingerprint density at radius 1 is 1.28 bits per heavy atom. The van der Waals surface area contributed by atoms with Crippen molar-refractivity contribution in [1.29, 1.82) is 0 Å². The number of rotatable bonds is 4. The first-order valence-electron chi connectivity index (χ1n) is 5.49. The predicted molar refractivity (Wildman–Crippen MR) is 80.1 cm³/mol. The molecule has 0 fully saturated rings. The van der Waals surface area contributed by atoms with E-state index in [2.05, 4.69) is 26.6 Å². The molecule has 94 valence electrons. The standard InChI is InChI=1S/C13H13BrN2OS/c1-9(17)16-12-6-7-18-13(12)8-15-11-5-3-2-4-10(11)14/h2-7,15H,8H2,1H3,(H,16,17). The van der Waals surface area contributed by atoms with Gasteiger partial charge in [-0.3, -0.25) is 4.79 Å². The van der Waals surface area contributed by atoms with Crippen molar-refractivity contribution in [2.45, 2.75) is 13.5 Å². The molecule has 0 aliphatic heterocycles. The number of benzene rings is 1. The lowest BCUT2D eigenvalue weighted by Crippen LogP contribution is -2.08. The molecular formula is C13H13BrN2OS. The maximum atomic E-state index is 11.1. The molecule has 0 spiro atoms. The van der Waals surface area contributed by atoms with Gasteiger partial charge in [0.1, 0.15) is 0 Å². The van der Waals surface area contributed by atoms with Gasteiger partial charge in [0.15, 0.2) is 0 Å². The highest BCUT2D eigenvalue weighted by Gasteiger charge is 2.06. The number of carbonyl (C=O) groups excluding carboxylic acids is 1. The second kappa shape index (κ2) is 6.02. The number of para-hydroxylation sites is 1. The summed E-state index contributed by atoms with van der Waals surface area (Å²) in [5, 5.41) is 8.14. The Labute approximate surface area is 118 Å². The second-order valence-electron chi connectivity index (χ2n) is 3.77. The predicted octanol–water partition coefficient (Wildman–Crippen LogP) is 4.08. The van der Waals surface area contributed by atoms with Crippen LogP contribution in [0.2, 0.25) is 0 Å². The van der Waals surface area contributed by atoms with E-state index in [0.29, 0.717) is 6.54 Å². The topological polar surface area (TPSA) is 41.1 Å². The highest BCUT2D eigenvalue weighted by molar-refractivity contribution is 9.10. The van der Waals surface area contributed by atoms with Crippen molar-refractivity contribution >= 4 is 44.5 Å². The third-order valence-corrected chi connectivity index (χ3v) is 3.98. The normalized spacial score (nSPS) is 10.1. The molecule has 1 aromatic carbocycles. The van der Waals surface area contributed by atoms with E-state index in [1.165, 1.54) is 6.92 Å². The monoisotopic (exact) mass is 324 g/mol. The van der Waals surface area contributed by atoms with Crippen molar-refractivity contribution in [3.63, 3.8) is 0 Å². The molecule has 2 N–H and O–H groups in total. The van der Waals surface area contributed by atoms with E-state index in [9.17, 15) is 4.79 Å². The maximum Gasteiger partial charge on any atom is 0.221 e. The zero-order chi connectivity index (χ0) is 13.0. The summed E-state index contributed by atoms with van der Waals surface area (Å²) in [4.78, 5) is 12.2. The molecule has 18 heavy (non-hydrogen) atoms. The Morgan fingerprint density at radius 3 is 2.78 bits per heavy atom. The SMILES string of the molecule is CC(=O)Nc1ccsc1CNc1ccccc1Br. The Morgan fingerprint density at radius 2 is 2.06 bits per heavy atom. The van der Waals surface area contributed by atoms with Gasteiger partial charge in [0.05, 0.1) is 12.2 Å². The summed E-state index contributed by atoms with van der Waals surface area (Å²) in [5.41, 5.74) is 1.92. The molecule has 0 radical (unpaired) electrons. The van der Waals surface area contributed by atoms with Gasteiger partial charge in [0.2, 0.25) is 5.91 Å². The number of halogens is 1. The number of thiophene rings is 1. The molecule has 2 rings (SSSR count). The van der Waals surface area contributed by atoms with Gasteiger partial charge >= 0.3 is 0 Å². The van der Waals surface area contributed by atoms with E-state index in [0.717, 1.165) is 20.7 Å². The number of hydrogen-bond acceptors (Lipinski definition) is 3. The molecule has 0 unspecified atom stereocenters. The molecule has 0 saturated heterocycles. The summed E-state index contributed by atoms with van der Waals surface area (Å²) in [6.07, 6.45) is 0. The quantitative estimate of drug-likeness (QED) is 0.889. The van der Waals surface area contributed by atoms with Crippen LogP contribution in [0.25, 0.3) is 0 Å². The number of anilines is 2. The summed E-state index contributed by atoms with van der Waals surface area (Å²) in [7, 11) is 0. The number of nitrogens with one attached hydrogen (secondary N) is 2. The Balaban J connectivity index is 2.05. The van der Waals surface area contributed by atoms with Gasteiger partial charge in [-0.15, -0.1) is 11.3 Å². The van der Waals surface area contributed by atoms with Crippen LogP contribution in [-0.2, 0) is 11.3 Å². The molecular weight excluding hydrogens is 312 g/mol.